The van der Waals surface area contributed by atoms with Gasteiger partial charge in [-0.1, -0.05) is 0 Å². The summed E-state index contributed by atoms with van der Waals surface area (Å²) in [6, 6.07) is 0. The average Bonchev–Trinajstić information content (AvgIpc) is 2.18. The number of morpholine rings is 1. The molecule has 1 atom stereocenters. The highest BCUT2D eigenvalue weighted by molar-refractivity contribution is 5.85. The van der Waals surface area contributed by atoms with Gasteiger partial charge in [-0.25, -0.2) is 0 Å². The van der Waals surface area contributed by atoms with E-state index in [1.165, 1.54) is 7.11 Å². The second kappa shape index (κ2) is 6.39. The Morgan fingerprint density at radius 1 is 1.62 bits per heavy atom. The second-order valence-corrected chi connectivity index (χ2v) is 4.33. The smallest absolute Gasteiger partial charge is 0.253 e. The summed E-state index contributed by atoms with van der Waals surface area (Å²) < 4.78 is 10.6. The molecule has 0 aromatic heterocycles. The first kappa shape index (κ1) is 15.6. The number of methoxy groups -OCH3 is 1. The molecule has 1 amide bonds. The van der Waals surface area contributed by atoms with Crippen LogP contribution < -0.4 is 5.73 Å². The van der Waals surface area contributed by atoms with Crippen molar-refractivity contribution in [1.82, 2.24) is 4.90 Å². The first-order valence-electron chi connectivity index (χ1n) is 5.16. The van der Waals surface area contributed by atoms with Gasteiger partial charge in [0.05, 0.1) is 12.2 Å². The quantitative estimate of drug-likeness (QED) is 0.769. The molecule has 0 aromatic rings. The SMILES string of the molecule is COC(CN)C(=O)N1CCOC(C)(C)C1.Cl. The number of carbonyl (C=O) groups is 1. The Morgan fingerprint density at radius 3 is 2.69 bits per heavy atom. The van der Waals surface area contributed by atoms with Gasteiger partial charge in [0.25, 0.3) is 5.91 Å². The van der Waals surface area contributed by atoms with Crippen molar-refractivity contribution in [3.63, 3.8) is 0 Å². The topological polar surface area (TPSA) is 64.8 Å². The molecule has 1 aliphatic rings. The predicted molar refractivity (Wildman–Crippen MR) is 63.7 cm³/mol. The minimum Gasteiger partial charge on any atom is -0.372 e. The standard InChI is InChI=1S/C10H20N2O3.ClH/c1-10(2)7-12(4-5-15-10)9(13)8(6-11)14-3;/h8H,4-7,11H2,1-3H3;1H. The fourth-order valence-corrected chi connectivity index (χ4v) is 1.71. The van der Waals surface area contributed by atoms with E-state index < -0.39 is 6.10 Å². The van der Waals surface area contributed by atoms with Gasteiger partial charge in [-0.05, 0) is 13.8 Å². The molecular weight excluding hydrogens is 232 g/mol. The number of hydrogen-bond acceptors (Lipinski definition) is 4. The van der Waals surface area contributed by atoms with Crippen LogP contribution >= 0.6 is 12.4 Å². The molecule has 1 aliphatic heterocycles. The lowest BCUT2D eigenvalue weighted by molar-refractivity contribution is -0.155. The Balaban J connectivity index is 0.00000225. The number of hydrogen-bond donors (Lipinski definition) is 1. The summed E-state index contributed by atoms with van der Waals surface area (Å²) in [4.78, 5) is 13.7. The maximum atomic E-state index is 11.9. The van der Waals surface area contributed by atoms with Gasteiger partial charge in [0.15, 0.2) is 0 Å². The number of amides is 1. The lowest BCUT2D eigenvalue weighted by atomic mass is 10.1. The molecule has 0 bridgehead atoms. The van der Waals surface area contributed by atoms with E-state index in [1.54, 1.807) is 4.90 Å². The van der Waals surface area contributed by atoms with Gasteiger partial charge >= 0.3 is 0 Å². The van der Waals surface area contributed by atoms with Gasteiger partial charge in [-0.15, -0.1) is 12.4 Å². The molecule has 1 heterocycles. The summed E-state index contributed by atoms with van der Waals surface area (Å²) in [5, 5.41) is 0. The zero-order valence-electron chi connectivity index (χ0n) is 10.1. The third-order valence-electron chi connectivity index (χ3n) is 2.51. The highest BCUT2D eigenvalue weighted by Gasteiger charge is 2.32. The van der Waals surface area contributed by atoms with Gasteiger partial charge in [-0.3, -0.25) is 4.79 Å². The fourth-order valence-electron chi connectivity index (χ4n) is 1.71. The first-order chi connectivity index (χ1) is 7.00. The molecule has 0 saturated carbocycles. The summed E-state index contributed by atoms with van der Waals surface area (Å²) in [5.41, 5.74) is 5.18. The third-order valence-corrected chi connectivity index (χ3v) is 2.51. The number of rotatable bonds is 3. The van der Waals surface area contributed by atoms with Crippen molar-refractivity contribution in [2.24, 2.45) is 5.73 Å². The number of nitrogens with zero attached hydrogens (tertiary/aromatic N) is 1. The first-order valence-corrected chi connectivity index (χ1v) is 5.16. The van der Waals surface area contributed by atoms with Gasteiger partial charge in [-0.2, -0.15) is 0 Å². The number of nitrogens with two attached hydrogens (primary N) is 1. The lowest BCUT2D eigenvalue weighted by Crippen LogP contribution is -2.54. The molecule has 6 heteroatoms. The van der Waals surface area contributed by atoms with Crippen LogP contribution in [0.25, 0.3) is 0 Å². The zero-order valence-corrected chi connectivity index (χ0v) is 10.9. The minimum absolute atomic E-state index is 0. The molecule has 0 aromatic carbocycles. The van der Waals surface area contributed by atoms with Crippen molar-refractivity contribution >= 4 is 18.3 Å². The summed E-state index contributed by atoms with van der Waals surface area (Å²) in [5.74, 6) is -0.0450. The van der Waals surface area contributed by atoms with E-state index in [2.05, 4.69) is 0 Å². The second-order valence-electron chi connectivity index (χ2n) is 4.33. The number of ether oxygens (including phenoxy) is 2. The Labute approximate surface area is 103 Å². The number of halogens is 1. The third kappa shape index (κ3) is 3.90. The van der Waals surface area contributed by atoms with Crippen LogP contribution in [0, 0.1) is 0 Å². The molecule has 0 radical (unpaired) electrons. The van der Waals surface area contributed by atoms with Gasteiger partial charge < -0.3 is 20.1 Å². The molecule has 0 aliphatic carbocycles. The fraction of sp³-hybridized carbons (Fsp3) is 0.900. The maximum Gasteiger partial charge on any atom is 0.253 e. The molecule has 96 valence electrons. The van der Waals surface area contributed by atoms with Gasteiger partial charge in [0.2, 0.25) is 0 Å². The van der Waals surface area contributed by atoms with Crippen LogP contribution in [-0.4, -0.2) is 55.9 Å². The normalized spacial score (nSPS) is 21.1. The van der Waals surface area contributed by atoms with Crippen LogP contribution in [0.1, 0.15) is 13.8 Å². The molecular formula is C10H21ClN2O3. The van der Waals surface area contributed by atoms with Crippen molar-refractivity contribution in [2.75, 3.05) is 33.4 Å². The van der Waals surface area contributed by atoms with Crippen LogP contribution in [0.15, 0.2) is 0 Å². The average molecular weight is 253 g/mol. The van der Waals surface area contributed by atoms with Crippen molar-refractivity contribution in [3.05, 3.63) is 0 Å². The van der Waals surface area contributed by atoms with E-state index >= 15 is 0 Å². The van der Waals surface area contributed by atoms with E-state index in [9.17, 15) is 4.79 Å². The largest absolute Gasteiger partial charge is 0.372 e. The Morgan fingerprint density at radius 2 is 2.25 bits per heavy atom. The molecule has 5 nitrogen and oxygen atoms in total. The molecule has 0 spiro atoms. The molecule has 1 saturated heterocycles. The van der Waals surface area contributed by atoms with Crippen LogP contribution in [0.5, 0.6) is 0 Å². The molecule has 16 heavy (non-hydrogen) atoms. The minimum atomic E-state index is -0.529. The van der Waals surface area contributed by atoms with Crippen molar-refractivity contribution in [3.8, 4) is 0 Å². The summed E-state index contributed by atoms with van der Waals surface area (Å²) >= 11 is 0. The highest BCUT2D eigenvalue weighted by atomic mass is 35.5. The summed E-state index contributed by atoms with van der Waals surface area (Å²) in [6.07, 6.45) is -0.529. The zero-order chi connectivity index (χ0) is 11.5. The lowest BCUT2D eigenvalue weighted by Gasteiger charge is -2.39. The molecule has 1 fully saturated rings. The van der Waals surface area contributed by atoms with Crippen molar-refractivity contribution in [1.29, 1.82) is 0 Å². The maximum absolute atomic E-state index is 11.9. The van der Waals surface area contributed by atoms with Crippen LogP contribution in [0.2, 0.25) is 0 Å². The van der Waals surface area contributed by atoms with Crippen LogP contribution in [-0.2, 0) is 14.3 Å². The van der Waals surface area contributed by atoms with E-state index in [0.29, 0.717) is 19.7 Å². The predicted octanol–water partition coefficient (Wildman–Crippen LogP) is 0.0193. The van der Waals surface area contributed by atoms with E-state index in [4.69, 9.17) is 15.2 Å². The Hall–Kier alpha value is -0.360. The van der Waals surface area contributed by atoms with E-state index in [0.717, 1.165) is 0 Å². The van der Waals surface area contributed by atoms with Crippen molar-refractivity contribution in [2.45, 2.75) is 25.6 Å². The Bertz CT molecular complexity index is 232. The van der Waals surface area contributed by atoms with E-state index in [-0.39, 0.29) is 30.5 Å². The van der Waals surface area contributed by atoms with Crippen molar-refractivity contribution < 1.29 is 14.3 Å². The van der Waals surface area contributed by atoms with Gasteiger partial charge in [0, 0.05) is 26.7 Å². The molecule has 1 rings (SSSR count). The van der Waals surface area contributed by atoms with Crippen LogP contribution in [0.3, 0.4) is 0 Å². The monoisotopic (exact) mass is 252 g/mol. The van der Waals surface area contributed by atoms with E-state index in [1.807, 2.05) is 13.8 Å². The molecule has 1 unspecified atom stereocenters. The summed E-state index contributed by atoms with van der Waals surface area (Å²) in [6.45, 7) is 5.92. The molecule has 2 N–H and O–H groups in total. The van der Waals surface area contributed by atoms with Crippen LogP contribution in [0.4, 0.5) is 0 Å². The number of carbonyl (C=O) groups excluding carboxylic acids is 1. The Kier molecular flexibility index (Phi) is 6.25. The van der Waals surface area contributed by atoms with Gasteiger partial charge in [0.1, 0.15) is 6.10 Å². The highest BCUT2D eigenvalue weighted by Crippen LogP contribution is 2.17. The summed E-state index contributed by atoms with van der Waals surface area (Å²) in [7, 11) is 1.50.